The van der Waals surface area contributed by atoms with E-state index in [1.807, 2.05) is 0 Å². The zero-order chi connectivity index (χ0) is 29.4. The van der Waals surface area contributed by atoms with Crippen LogP contribution in [0.4, 0.5) is 32.8 Å². The van der Waals surface area contributed by atoms with Crippen LogP contribution >= 0.6 is 11.3 Å². The third-order valence-electron chi connectivity index (χ3n) is 7.72. The number of hydrogen-bond donors (Lipinski definition) is 1. The highest BCUT2D eigenvalue weighted by Crippen LogP contribution is 2.48. The summed E-state index contributed by atoms with van der Waals surface area (Å²) in [6.07, 6.45) is -3.61. The molecule has 1 unspecified atom stereocenters. The summed E-state index contributed by atoms with van der Waals surface area (Å²) < 4.78 is 80.1. The molecule has 1 amide bonds. The van der Waals surface area contributed by atoms with Crippen molar-refractivity contribution in [1.29, 1.82) is 5.26 Å². The van der Waals surface area contributed by atoms with Crippen LogP contribution in [0.2, 0.25) is 0 Å². The molecule has 2 atom stereocenters. The molecule has 2 aromatic carbocycles. The topological polar surface area (TPSA) is 108 Å². The Hall–Kier alpha value is -4.25. The fourth-order valence-electron chi connectivity index (χ4n) is 6.11. The van der Waals surface area contributed by atoms with Crippen LogP contribution in [0.15, 0.2) is 18.2 Å². The molecule has 14 heteroatoms. The van der Waals surface area contributed by atoms with Crippen LogP contribution in [-0.2, 0) is 11.0 Å². The predicted molar refractivity (Wildman–Crippen MR) is 142 cm³/mol. The van der Waals surface area contributed by atoms with E-state index in [0.29, 0.717) is 11.3 Å². The van der Waals surface area contributed by atoms with E-state index in [1.54, 1.807) is 15.9 Å². The van der Waals surface area contributed by atoms with E-state index in [1.165, 1.54) is 14.0 Å². The van der Waals surface area contributed by atoms with Crippen molar-refractivity contribution in [3.05, 3.63) is 41.0 Å². The zero-order valence-electron chi connectivity index (χ0n) is 21.6. The number of carbonyl (C=O) groups excluding carboxylic acids is 1. The second-order valence-electron chi connectivity index (χ2n) is 10.0. The van der Waals surface area contributed by atoms with Crippen LogP contribution < -0.4 is 15.4 Å². The Labute approximate surface area is 233 Å². The van der Waals surface area contributed by atoms with Gasteiger partial charge < -0.3 is 20.3 Å². The summed E-state index contributed by atoms with van der Waals surface area (Å²) >= 11 is 0.694. The first-order chi connectivity index (χ1) is 19.4. The second kappa shape index (κ2) is 9.41. The summed E-state index contributed by atoms with van der Waals surface area (Å²) in [6.45, 7) is 2.05. The number of benzene rings is 2. The van der Waals surface area contributed by atoms with Gasteiger partial charge in [-0.15, -0.1) is 11.3 Å². The van der Waals surface area contributed by atoms with Gasteiger partial charge in [0.25, 0.3) is 0 Å². The van der Waals surface area contributed by atoms with Gasteiger partial charge in [0.05, 0.1) is 22.9 Å². The average Bonchev–Trinajstić information content (AvgIpc) is 3.41. The lowest BCUT2D eigenvalue weighted by atomic mass is 9.92. The van der Waals surface area contributed by atoms with E-state index < -0.39 is 34.5 Å². The highest BCUT2D eigenvalue weighted by atomic mass is 32.1. The molecule has 2 aliphatic heterocycles. The summed E-state index contributed by atoms with van der Waals surface area (Å²) in [5, 5.41) is 9.15. The SMILES string of the molecule is COc1nc(N2CC3CC[C@H](C2)N3C(C)=O)c2cc(C(F)(F)F)c(-c3ccc(F)c4sc(N)c(C#N)c34)c(F)c2n1. The van der Waals surface area contributed by atoms with Crippen molar-refractivity contribution >= 4 is 49.1 Å². The molecule has 0 spiro atoms. The summed E-state index contributed by atoms with van der Waals surface area (Å²) in [7, 11) is 1.25. The van der Waals surface area contributed by atoms with E-state index in [-0.39, 0.29) is 74.5 Å². The Bertz CT molecular complexity index is 1790. The number of hydrogen-bond acceptors (Lipinski definition) is 8. The maximum absolute atomic E-state index is 16.5. The largest absolute Gasteiger partial charge is 0.467 e. The number of fused-ring (bicyclic) bond motifs is 4. The molecule has 2 aliphatic rings. The Morgan fingerprint density at radius 1 is 1.20 bits per heavy atom. The van der Waals surface area contributed by atoms with Crippen LogP contribution in [0.1, 0.15) is 30.9 Å². The molecule has 2 aromatic heterocycles. The Balaban J connectivity index is 1.64. The molecule has 4 aromatic rings. The van der Waals surface area contributed by atoms with Gasteiger partial charge in [0, 0.05) is 48.4 Å². The maximum Gasteiger partial charge on any atom is 0.417 e. The van der Waals surface area contributed by atoms with Crippen molar-refractivity contribution in [1.82, 2.24) is 14.9 Å². The van der Waals surface area contributed by atoms with Gasteiger partial charge in [-0.2, -0.15) is 28.4 Å². The molecular weight excluding hydrogens is 567 g/mol. The average molecular weight is 589 g/mol. The maximum atomic E-state index is 16.5. The number of nitrogen functional groups attached to an aromatic ring is 1. The van der Waals surface area contributed by atoms with E-state index in [4.69, 9.17) is 10.5 Å². The van der Waals surface area contributed by atoms with Crippen molar-refractivity contribution in [3.63, 3.8) is 0 Å². The van der Waals surface area contributed by atoms with Crippen molar-refractivity contribution < 1.29 is 31.5 Å². The van der Waals surface area contributed by atoms with Gasteiger partial charge in [-0.05, 0) is 30.5 Å². The minimum absolute atomic E-state index is 0.0460. The van der Waals surface area contributed by atoms with Crippen LogP contribution in [0.5, 0.6) is 6.01 Å². The normalized spacial score (nSPS) is 18.8. The molecule has 8 nitrogen and oxygen atoms in total. The number of rotatable bonds is 3. The zero-order valence-corrected chi connectivity index (χ0v) is 22.5. The number of amides is 1. The quantitative estimate of drug-likeness (QED) is 0.316. The van der Waals surface area contributed by atoms with E-state index >= 15 is 4.39 Å². The number of anilines is 2. The lowest BCUT2D eigenvalue weighted by molar-refractivity contribution is -0.137. The van der Waals surface area contributed by atoms with Crippen molar-refractivity contribution in [2.45, 2.75) is 38.0 Å². The molecule has 2 saturated heterocycles. The predicted octanol–water partition coefficient (Wildman–Crippen LogP) is 5.47. The smallest absolute Gasteiger partial charge is 0.417 e. The van der Waals surface area contributed by atoms with Gasteiger partial charge in [0.1, 0.15) is 28.2 Å². The lowest BCUT2D eigenvalue weighted by Crippen LogP contribution is -2.55. The van der Waals surface area contributed by atoms with E-state index in [0.717, 1.165) is 31.0 Å². The summed E-state index contributed by atoms with van der Waals surface area (Å²) in [5.74, 6) is -2.18. The molecule has 0 radical (unpaired) electrons. The van der Waals surface area contributed by atoms with Gasteiger partial charge in [-0.1, -0.05) is 6.07 Å². The summed E-state index contributed by atoms with van der Waals surface area (Å²) in [6, 6.07) is 3.88. The standard InChI is InChI=1S/C27H21F5N6O2S/c1-11(39)38-12-3-4-13(38)10-37(9-12)25-15-7-17(27(30,31)32)20(21(29)22(15)35-26(36-25)40-2)14-5-6-18(28)23-19(14)16(8-33)24(34)41-23/h5-7,12-13H,3-4,9-10,34H2,1-2H3/t12-,13?/m1/s1. The van der Waals surface area contributed by atoms with Crippen LogP contribution in [0.25, 0.3) is 32.1 Å². The first-order valence-electron chi connectivity index (χ1n) is 12.5. The Morgan fingerprint density at radius 2 is 1.88 bits per heavy atom. The van der Waals surface area contributed by atoms with Gasteiger partial charge in [0.2, 0.25) is 5.91 Å². The van der Waals surface area contributed by atoms with E-state index in [9.17, 15) is 27.6 Å². The number of nitriles is 1. The third kappa shape index (κ3) is 4.09. The second-order valence-corrected chi connectivity index (χ2v) is 11.1. The number of alkyl halides is 3. The lowest BCUT2D eigenvalue weighted by Gasteiger charge is -2.41. The number of thiophene rings is 1. The third-order valence-corrected chi connectivity index (χ3v) is 8.75. The Kier molecular flexibility index (Phi) is 6.18. The number of halogens is 5. The van der Waals surface area contributed by atoms with Crippen molar-refractivity contribution in [2.24, 2.45) is 0 Å². The van der Waals surface area contributed by atoms with Gasteiger partial charge in [0.15, 0.2) is 5.82 Å². The van der Waals surface area contributed by atoms with Crippen molar-refractivity contribution in [2.75, 3.05) is 30.8 Å². The number of methoxy groups -OCH3 is 1. The van der Waals surface area contributed by atoms with Crippen LogP contribution in [-0.4, -0.2) is 53.1 Å². The fourth-order valence-corrected chi connectivity index (χ4v) is 7.06. The first kappa shape index (κ1) is 26.9. The molecule has 0 saturated carbocycles. The summed E-state index contributed by atoms with van der Waals surface area (Å²) in [5.41, 5.74) is 2.62. The fraction of sp³-hybridized carbons (Fsp3) is 0.333. The molecule has 212 valence electrons. The number of ether oxygens (including phenoxy) is 1. The monoisotopic (exact) mass is 588 g/mol. The molecule has 0 aliphatic carbocycles. The van der Waals surface area contributed by atoms with E-state index in [2.05, 4.69) is 9.97 Å². The minimum Gasteiger partial charge on any atom is -0.467 e. The van der Waals surface area contributed by atoms with Crippen LogP contribution in [0, 0.1) is 23.0 Å². The van der Waals surface area contributed by atoms with Crippen molar-refractivity contribution in [3.8, 4) is 23.2 Å². The van der Waals surface area contributed by atoms with Gasteiger partial charge >= 0.3 is 12.2 Å². The number of piperazine rings is 1. The van der Waals surface area contributed by atoms with Gasteiger partial charge in [-0.3, -0.25) is 4.79 Å². The molecular formula is C27H21F5N6O2S. The highest BCUT2D eigenvalue weighted by Gasteiger charge is 2.43. The number of nitrogens with zero attached hydrogens (tertiary/aromatic N) is 5. The molecule has 2 fully saturated rings. The Morgan fingerprint density at radius 3 is 2.46 bits per heavy atom. The number of aromatic nitrogens is 2. The first-order valence-corrected chi connectivity index (χ1v) is 13.4. The molecule has 6 rings (SSSR count). The van der Waals surface area contributed by atoms with Gasteiger partial charge in [-0.25, -0.2) is 8.78 Å². The number of carbonyl (C=O) groups is 1. The summed E-state index contributed by atoms with van der Waals surface area (Å²) in [4.78, 5) is 24.1. The number of nitrogens with two attached hydrogens (primary N) is 1. The molecule has 2 N–H and O–H groups in total. The van der Waals surface area contributed by atoms with Crippen LogP contribution in [0.3, 0.4) is 0 Å². The highest BCUT2D eigenvalue weighted by molar-refractivity contribution is 7.23. The molecule has 2 bridgehead atoms. The molecule has 41 heavy (non-hydrogen) atoms. The minimum atomic E-state index is -5.05. The molecule has 4 heterocycles.